The van der Waals surface area contributed by atoms with Gasteiger partial charge in [-0.25, -0.2) is 9.37 Å². The highest BCUT2D eigenvalue weighted by molar-refractivity contribution is 5.78. The molecule has 0 aliphatic rings. The summed E-state index contributed by atoms with van der Waals surface area (Å²) in [5.74, 6) is -0.173. The van der Waals surface area contributed by atoms with Crippen molar-refractivity contribution in [3.63, 3.8) is 0 Å². The number of anilines is 1. The van der Waals surface area contributed by atoms with Crippen LogP contribution in [0.5, 0.6) is 0 Å². The molecule has 0 saturated carbocycles. The number of rotatable bonds is 2. The summed E-state index contributed by atoms with van der Waals surface area (Å²) < 4.78 is 15.1. The lowest BCUT2D eigenvalue weighted by molar-refractivity contribution is 0.0631. The monoisotopic (exact) mass is 223 g/mol. The maximum Gasteiger partial charge on any atom is 0.201 e. The van der Waals surface area contributed by atoms with Crippen LogP contribution >= 0.6 is 0 Å². The highest BCUT2D eigenvalue weighted by Crippen LogP contribution is 2.22. The Bertz CT molecular complexity index is 528. The summed E-state index contributed by atoms with van der Waals surface area (Å²) in [6.07, 6.45) is 0. The largest absolute Gasteiger partial charge is 0.389 e. The predicted octanol–water partition coefficient (Wildman–Crippen LogP) is 1.53. The molecular weight excluding hydrogens is 209 g/mol. The van der Waals surface area contributed by atoms with Crippen molar-refractivity contribution in [2.75, 3.05) is 5.73 Å². The van der Waals surface area contributed by atoms with E-state index in [2.05, 4.69) is 4.98 Å². The second-order valence-electron chi connectivity index (χ2n) is 4.48. The van der Waals surface area contributed by atoms with Crippen molar-refractivity contribution >= 4 is 17.0 Å². The Hall–Kier alpha value is -1.62. The molecule has 0 atom stereocenters. The van der Waals surface area contributed by atoms with E-state index in [1.54, 1.807) is 26.0 Å². The summed E-state index contributed by atoms with van der Waals surface area (Å²) in [5, 5.41) is 9.74. The zero-order valence-electron chi connectivity index (χ0n) is 9.24. The number of aromatic nitrogens is 2. The van der Waals surface area contributed by atoms with Crippen LogP contribution in [-0.4, -0.2) is 20.3 Å². The predicted molar refractivity (Wildman–Crippen MR) is 60.4 cm³/mol. The highest BCUT2D eigenvalue weighted by Gasteiger charge is 2.19. The third-order valence-electron chi connectivity index (χ3n) is 2.29. The molecule has 4 nitrogen and oxygen atoms in total. The van der Waals surface area contributed by atoms with Crippen LogP contribution in [0.2, 0.25) is 0 Å². The number of benzene rings is 1. The minimum absolute atomic E-state index is 0.205. The molecule has 0 saturated heterocycles. The SMILES string of the molecule is CC(C)(O)Cn1c(N)nc2cccc(F)c21. The first-order chi connectivity index (χ1) is 7.38. The smallest absolute Gasteiger partial charge is 0.201 e. The van der Waals surface area contributed by atoms with Crippen molar-refractivity contribution in [1.29, 1.82) is 0 Å². The van der Waals surface area contributed by atoms with Gasteiger partial charge in [-0.05, 0) is 26.0 Å². The molecule has 0 amide bonds. The van der Waals surface area contributed by atoms with E-state index in [9.17, 15) is 9.50 Å². The van der Waals surface area contributed by atoms with E-state index in [-0.39, 0.29) is 18.3 Å². The summed E-state index contributed by atoms with van der Waals surface area (Å²) in [6.45, 7) is 3.48. The third-order valence-corrected chi connectivity index (χ3v) is 2.29. The topological polar surface area (TPSA) is 64.1 Å². The molecule has 3 N–H and O–H groups in total. The van der Waals surface area contributed by atoms with E-state index in [4.69, 9.17) is 5.73 Å². The van der Waals surface area contributed by atoms with Gasteiger partial charge in [-0.3, -0.25) is 0 Å². The molecule has 0 unspecified atom stereocenters. The van der Waals surface area contributed by atoms with Crippen LogP contribution in [-0.2, 0) is 6.54 Å². The van der Waals surface area contributed by atoms with E-state index in [1.165, 1.54) is 10.6 Å². The van der Waals surface area contributed by atoms with E-state index in [1.807, 2.05) is 0 Å². The number of nitrogen functional groups attached to an aromatic ring is 1. The zero-order chi connectivity index (χ0) is 11.9. The minimum atomic E-state index is -0.968. The van der Waals surface area contributed by atoms with E-state index < -0.39 is 5.60 Å². The molecule has 0 spiro atoms. The maximum atomic E-state index is 13.6. The van der Waals surface area contributed by atoms with Gasteiger partial charge in [0, 0.05) is 0 Å². The van der Waals surface area contributed by atoms with E-state index in [0.29, 0.717) is 11.0 Å². The molecule has 86 valence electrons. The number of hydrogen-bond donors (Lipinski definition) is 2. The Morgan fingerprint density at radius 2 is 2.19 bits per heavy atom. The molecule has 1 aromatic carbocycles. The fourth-order valence-corrected chi connectivity index (χ4v) is 1.71. The van der Waals surface area contributed by atoms with Crippen LogP contribution in [0.15, 0.2) is 18.2 Å². The molecule has 1 heterocycles. The number of imidazole rings is 1. The van der Waals surface area contributed by atoms with Crippen molar-refractivity contribution in [2.24, 2.45) is 0 Å². The summed E-state index contributed by atoms with van der Waals surface area (Å²) in [7, 11) is 0. The number of nitrogens with zero attached hydrogens (tertiary/aromatic N) is 2. The fraction of sp³-hybridized carbons (Fsp3) is 0.364. The second kappa shape index (κ2) is 3.45. The standard InChI is InChI=1S/C11H14FN3O/c1-11(2,16)6-15-9-7(12)4-3-5-8(9)14-10(15)13/h3-5,16H,6H2,1-2H3,(H2,13,14). The van der Waals surface area contributed by atoms with Crippen LogP contribution in [0.25, 0.3) is 11.0 Å². The molecular formula is C11H14FN3O. The molecule has 16 heavy (non-hydrogen) atoms. The van der Waals surface area contributed by atoms with Crippen molar-refractivity contribution in [3.8, 4) is 0 Å². The molecule has 5 heteroatoms. The summed E-state index contributed by atoms with van der Waals surface area (Å²) in [4.78, 5) is 4.05. The fourth-order valence-electron chi connectivity index (χ4n) is 1.71. The van der Waals surface area contributed by atoms with Crippen molar-refractivity contribution in [2.45, 2.75) is 26.0 Å². The van der Waals surface area contributed by atoms with Crippen LogP contribution < -0.4 is 5.73 Å². The average Bonchev–Trinajstić information content (AvgIpc) is 2.42. The van der Waals surface area contributed by atoms with Crippen LogP contribution in [0, 0.1) is 5.82 Å². The molecule has 2 aromatic rings. The number of aliphatic hydroxyl groups is 1. The number of hydrogen-bond acceptors (Lipinski definition) is 3. The number of halogens is 1. The molecule has 1 aromatic heterocycles. The molecule has 0 bridgehead atoms. The number of para-hydroxylation sites is 1. The Labute approximate surface area is 92.5 Å². The lowest BCUT2D eigenvalue weighted by Crippen LogP contribution is -2.27. The van der Waals surface area contributed by atoms with Gasteiger partial charge in [-0.2, -0.15) is 0 Å². The van der Waals surface area contributed by atoms with Crippen molar-refractivity contribution in [1.82, 2.24) is 9.55 Å². The molecule has 0 radical (unpaired) electrons. The number of nitrogens with two attached hydrogens (primary N) is 1. The third kappa shape index (κ3) is 1.86. The van der Waals surface area contributed by atoms with Gasteiger partial charge in [-0.1, -0.05) is 6.07 Å². The quantitative estimate of drug-likeness (QED) is 0.811. The first-order valence-electron chi connectivity index (χ1n) is 5.01. The highest BCUT2D eigenvalue weighted by atomic mass is 19.1. The number of fused-ring (bicyclic) bond motifs is 1. The molecule has 2 rings (SSSR count). The first kappa shape index (κ1) is 10.9. The van der Waals surface area contributed by atoms with E-state index in [0.717, 1.165) is 0 Å². The summed E-state index contributed by atoms with van der Waals surface area (Å²) in [6, 6.07) is 4.62. The summed E-state index contributed by atoms with van der Waals surface area (Å²) >= 11 is 0. The summed E-state index contributed by atoms with van der Waals surface area (Å²) in [5.41, 5.74) is 5.57. The average molecular weight is 223 g/mol. The Balaban J connectivity index is 2.64. The molecule has 0 fully saturated rings. The van der Waals surface area contributed by atoms with Gasteiger partial charge in [0.25, 0.3) is 0 Å². The van der Waals surface area contributed by atoms with Gasteiger partial charge in [0.05, 0.1) is 17.7 Å². The Morgan fingerprint density at radius 3 is 2.81 bits per heavy atom. The van der Waals surface area contributed by atoms with Crippen LogP contribution in [0.4, 0.5) is 10.3 Å². The van der Waals surface area contributed by atoms with Gasteiger partial charge < -0.3 is 15.4 Å². The zero-order valence-corrected chi connectivity index (χ0v) is 9.24. The normalized spacial score (nSPS) is 12.2. The van der Waals surface area contributed by atoms with Crippen LogP contribution in [0.1, 0.15) is 13.8 Å². The van der Waals surface area contributed by atoms with Crippen LogP contribution in [0.3, 0.4) is 0 Å². The van der Waals surface area contributed by atoms with Gasteiger partial charge >= 0.3 is 0 Å². The lowest BCUT2D eigenvalue weighted by Gasteiger charge is -2.19. The van der Waals surface area contributed by atoms with Gasteiger partial charge in [0.15, 0.2) is 0 Å². The molecule has 0 aliphatic carbocycles. The minimum Gasteiger partial charge on any atom is -0.389 e. The van der Waals surface area contributed by atoms with E-state index >= 15 is 0 Å². The molecule has 0 aliphatic heterocycles. The van der Waals surface area contributed by atoms with Gasteiger partial charge in [-0.15, -0.1) is 0 Å². The lowest BCUT2D eigenvalue weighted by atomic mass is 10.1. The van der Waals surface area contributed by atoms with Gasteiger partial charge in [0.2, 0.25) is 5.95 Å². The first-order valence-corrected chi connectivity index (χ1v) is 5.01. The Morgan fingerprint density at radius 1 is 1.50 bits per heavy atom. The van der Waals surface area contributed by atoms with Crippen molar-refractivity contribution < 1.29 is 9.50 Å². The Kier molecular flexibility index (Phi) is 2.35. The maximum absolute atomic E-state index is 13.6. The van der Waals surface area contributed by atoms with Crippen molar-refractivity contribution in [3.05, 3.63) is 24.0 Å². The van der Waals surface area contributed by atoms with Gasteiger partial charge in [0.1, 0.15) is 11.3 Å². The second-order valence-corrected chi connectivity index (χ2v) is 4.48.